The lowest BCUT2D eigenvalue weighted by molar-refractivity contribution is -0.139. The summed E-state index contributed by atoms with van der Waals surface area (Å²) in [7, 11) is 0. The third kappa shape index (κ3) is 8.23. The molecule has 2 aromatic rings. The molecule has 3 amide bonds. The first-order valence-electron chi connectivity index (χ1n) is 11.8. The predicted octanol–water partition coefficient (Wildman–Crippen LogP) is 0.218. The minimum absolute atomic E-state index is 0.134. The van der Waals surface area contributed by atoms with Gasteiger partial charge in [-0.05, 0) is 38.5 Å². The number of fused-ring (bicyclic) bond motifs is 1. The van der Waals surface area contributed by atoms with Gasteiger partial charge in [0.25, 0.3) is 5.91 Å². The molecule has 13 nitrogen and oxygen atoms in total. The number of anilines is 1. The van der Waals surface area contributed by atoms with Gasteiger partial charge in [-0.25, -0.2) is 9.59 Å². The predicted molar refractivity (Wildman–Crippen MR) is 141 cm³/mol. The normalized spacial score (nSPS) is 12.3. The van der Waals surface area contributed by atoms with Crippen LogP contribution in [0, 0.1) is 0 Å². The van der Waals surface area contributed by atoms with Crippen LogP contribution in [0.2, 0.25) is 0 Å². The number of rotatable bonds is 14. The molecular weight excluding hydrogens is 520 g/mol. The molecule has 1 aromatic heterocycles. The first-order valence-corrected chi connectivity index (χ1v) is 12.4. The Morgan fingerprint density at radius 3 is 2.29 bits per heavy atom. The molecule has 206 valence electrons. The number of benzene rings is 1. The summed E-state index contributed by atoms with van der Waals surface area (Å²) < 4.78 is 5.31. The van der Waals surface area contributed by atoms with Crippen LogP contribution in [0.1, 0.15) is 37.0 Å². The minimum Gasteiger partial charge on any atom is -0.480 e. The molecule has 0 unspecified atom stereocenters. The molecule has 0 saturated heterocycles. The lowest BCUT2D eigenvalue weighted by atomic mass is 10.1. The Morgan fingerprint density at radius 2 is 1.71 bits per heavy atom. The number of thiol groups is 1. The van der Waals surface area contributed by atoms with Crippen LogP contribution < -0.4 is 26.5 Å². The Kier molecular flexibility index (Phi) is 11.1. The number of hydrogen-bond acceptors (Lipinski definition) is 9. The van der Waals surface area contributed by atoms with E-state index in [1.54, 1.807) is 12.1 Å². The molecule has 5 N–H and O–H groups in total. The van der Waals surface area contributed by atoms with Crippen LogP contribution in [0.25, 0.3) is 11.0 Å². The molecule has 0 radical (unpaired) electrons. The Hall–Kier alpha value is -4.07. The summed E-state index contributed by atoms with van der Waals surface area (Å²) >= 11 is 3.95. The highest BCUT2D eigenvalue weighted by Crippen LogP contribution is 2.22. The number of nitrogens with one attached hydrogen (secondary N) is 3. The van der Waals surface area contributed by atoms with Crippen molar-refractivity contribution in [1.82, 2.24) is 16.0 Å². The van der Waals surface area contributed by atoms with E-state index in [2.05, 4.69) is 33.5 Å². The lowest BCUT2D eigenvalue weighted by Gasteiger charge is -2.21. The average molecular weight is 551 g/mol. The van der Waals surface area contributed by atoms with Gasteiger partial charge < -0.3 is 35.5 Å². The fraction of sp³-hybridized carbons (Fsp3) is 0.417. The summed E-state index contributed by atoms with van der Waals surface area (Å²) in [6.07, 6.45) is -0.747. The van der Waals surface area contributed by atoms with Crippen LogP contribution in [0.3, 0.4) is 0 Å². The molecule has 38 heavy (non-hydrogen) atoms. The highest BCUT2D eigenvalue weighted by Gasteiger charge is 2.25. The zero-order valence-electron chi connectivity index (χ0n) is 20.9. The van der Waals surface area contributed by atoms with Crippen LogP contribution in [-0.2, 0) is 19.2 Å². The van der Waals surface area contributed by atoms with Gasteiger partial charge in [0.1, 0.15) is 29.8 Å². The van der Waals surface area contributed by atoms with E-state index >= 15 is 0 Å². The lowest BCUT2D eigenvalue weighted by Crippen LogP contribution is -2.49. The van der Waals surface area contributed by atoms with E-state index < -0.39 is 65.9 Å². The van der Waals surface area contributed by atoms with Gasteiger partial charge in [0, 0.05) is 42.4 Å². The number of carbonyl (C=O) groups excluding carboxylic acids is 3. The summed E-state index contributed by atoms with van der Waals surface area (Å²) in [5, 5.41) is 25.3. The summed E-state index contributed by atoms with van der Waals surface area (Å²) in [6.45, 7) is 4.81. The zero-order valence-corrected chi connectivity index (χ0v) is 21.7. The maximum atomic E-state index is 12.7. The van der Waals surface area contributed by atoms with Crippen LogP contribution in [0.4, 0.5) is 5.69 Å². The van der Waals surface area contributed by atoms with E-state index in [9.17, 15) is 33.9 Å². The van der Waals surface area contributed by atoms with Crippen molar-refractivity contribution in [3.05, 3.63) is 40.2 Å². The van der Waals surface area contributed by atoms with Gasteiger partial charge in [0.05, 0.1) is 0 Å². The molecule has 14 heteroatoms. The molecule has 0 aliphatic rings. The Bertz CT molecular complexity index is 1260. The first kappa shape index (κ1) is 30.2. The van der Waals surface area contributed by atoms with Gasteiger partial charge >= 0.3 is 17.6 Å². The number of carboxylic acid groups (broad SMARTS) is 2. The summed E-state index contributed by atoms with van der Waals surface area (Å²) in [4.78, 5) is 73.7. The number of carbonyl (C=O) groups is 5. The molecule has 0 spiro atoms. The fourth-order valence-corrected chi connectivity index (χ4v) is 3.82. The largest absolute Gasteiger partial charge is 0.480 e. The summed E-state index contributed by atoms with van der Waals surface area (Å²) in [5.41, 5.74) is -0.230. The van der Waals surface area contributed by atoms with E-state index in [0.29, 0.717) is 5.39 Å². The number of nitrogens with zero attached hydrogens (tertiary/aromatic N) is 1. The SMILES string of the molecule is CCN(CC)c1ccc2cc(C(=O)N[C@@H](CCC(=O)N[C@@H](CS)C(=O)NCC(=O)O)C(=O)O)c(=O)oc2c1. The standard InChI is InChI=1S/C24H30N4O9S/c1-3-28(4-2)14-6-5-13-9-15(24(36)37-18(13)10-14)21(32)27-16(23(34)35)7-8-19(29)26-17(12-38)22(33)25-11-20(30)31/h5-6,9-10,16-17,38H,3-4,7-8,11-12H2,1-2H3,(H,25,33)(H,26,29)(H,27,32)(H,30,31)(H,34,35)/t16-,17-/m0/s1. The first-order chi connectivity index (χ1) is 18.0. The number of amides is 3. The van der Waals surface area contributed by atoms with E-state index in [0.717, 1.165) is 18.8 Å². The van der Waals surface area contributed by atoms with Crippen molar-refractivity contribution in [3.8, 4) is 0 Å². The van der Waals surface area contributed by atoms with Crippen LogP contribution in [0.15, 0.2) is 33.5 Å². The monoisotopic (exact) mass is 550 g/mol. The molecular formula is C24H30N4O9S. The van der Waals surface area contributed by atoms with Crippen LogP contribution >= 0.6 is 12.6 Å². The highest BCUT2D eigenvalue weighted by molar-refractivity contribution is 7.80. The molecule has 0 aliphatic carbocycles. The van der Waals surface area contributed by atoms with Crippen molar-refractivity contribution in [2.45, 2.75) is 38.8 Å². The summed E-state index contributed by atoms with van der Waals surface area (Å²) in [5.74, 6) is -5.32. The van der Waals surface area contributed by atoms with Crippen LogP contribution in [0.5, 0.6) is 0 Å². The van der Waals surface area contributed by atoms with Crippen molar-refractivity contribution in [2.75, 3.05) is 30.3 Å². The van der Waals surface area contributed by atoms with Crippen molar-refractivity contribution < 1.29 is 38.6 Å². The number of aliphatic carboxylic acids is 2. The molecule has 0 saturated carbocycles. The molecule has 0 aliphatic heterocycles. The van der Waals surface area contributed by atoms with Crippen molar-refractivity contribution in [1.29, 1.82) is 0 Å². The Balaban J connectivity index is 2.08. The van der Waals surface area contributed by atoms with Gasteiger partial charge in [0.15, 0.2) is 0 Å². The third-order valence-electron chi connectivity index (χ3n) is 5.60. The van der Waals surface area contributed by atoms with Gasteiger partial charge in [-0.1, -0.05) is 0 Å². The van der Waals surface area contributed by atoms with Crippen LogP contribution in [-0.4, -0.2) is 77.3 Å². The summed E-state index contributed by atoms with van der Waals surface area (Å²) in [6, 6.07) is 3.82. The minimum atomic E-state index is -1.52. The fourth-order valence-electron chi connectivity index (χ4n) is 3.56. The average Bonchev–Trinajstić information content (AvgIpc) is 2.88. The van der Waals surface area contributed by atoms with Gasteiger partial charge in [-0.15, -0.1) is 0 Å². The second kappa shape index (κ2) is 14.0. The van der Waals surface area contributed by atoms with Crippen molar-refractivity contribution in [2.24, 2.45) is 0 Å². The topological polar surface area (TPSA) is 195 Å². The number of carboxylic acids is 2. The van der Waals surface area contributed by atoms with Crippen molar-refractivity contribution >= 4 is 58.9 Å². The molecule has 1 heterocycles. The van der Waals surface area contributed by atoms with E-state index in [4.69, 9.17) is 9.52 Å². The maximum Gasteiger partial charge on any atom is 0.349 e. The number of hydrogen-bond donors (Lipinski definition) is 6. The second-order valence-corrected chi connectivity index (χ2v) is 8.52. The Labute approximate surface area is 223 Å². The maximum absolute atomic E-state index is 12.7. The van der Waals surface area contributed by atoms with Gasteiger partial charge in [-0.3, -0.25) is 19.2 Å². The second-order valence-electron chi connectivity index (χ2n) is 8.16. The van der Waals surface area contributed by atoms with Gasteiger partial charge in [0.2, 0.25) is 11.8 Å². The van der Waals surface area contributed by atoms with E-state index in [1.165, 1.54) is 6.07 Å². The van der Waals surface area contributed by atoms with Crippen molar-refractivity contribution in [3.63, 3.8) is 0 Å². The quantitative estimate of drug-likeness (QED) is 0.140. The molecule has 2 rings (SSSR count). The Morgan fingerprint density at radius 1 is 1.03 bits per heavy atom. The molecule has 0 bridgehead atoms. The molecule has 0 fully saturated rings. The third-order valence-corrected chi connectivity index (χ3v) is 5.97. The zero-order chi connectivity index (χ0) is 28.4. The highest BCUT2D eigenvalue weighted by atomic mass is 32.1. The van der Waals surface area contributed by atoms with E-state index in [-0.39, 0.29) is 17.8 Å². The molecule has 2 atom stereocenters. The van der Waals surface area contributed by atoms with E-state index in [1.807, 2.05) is 19.9 Å². The smallest absolute Gasteiger partial charge is 0.349 e. The molecule has 1 aromatic carbocycles. The van der Waals surface area contributed by atoms with Gasteiger partial charge in [-0.2, -0.15) is 12.6 Å².